The van der Waals surface area contributed by atoms with E-state index < -0.39 is 10.8 Å². The van der Waals surface area contributed by atoms with Crippen molar-refractivity contribution in [2.24, 2.45) is 0 Å². The third kappa shape index (κ3) is 4.70. The minimum Gasteiger partial charge on any atom is -0.494 e. The van der Waals surface area contributed by atoms with Crippen LogP contribution >= 0.6 is 0 Å². The predicted octanol–water partition coefficient (Wildman–Crippen LogP) is 4.76. The predicted molar refractivity (Wildman–Crippen MR) is 137 cm³/mol. The number of para-hydroxylation sites is 1. The van der Waals surface area contributed by atoms with Gasteiger partial charge in [-0.2, -0.15) is 5.26 Å². The Morgan fingerprint density at radius 2 is 2.03 bits per heavy atom. The molecule has 0 atom stereocenters. The number of carbonyl (C=O) groups is 1. The number of hydrogen-bond acceptors (Lipinski definition) is 5. The average molecular weight is 484 g/mol. The number of aryl methyl sites for hydroxylation is 1. The Hall–Kier alpha value is -4.84. The summed E-state index contributed by atoms with van der Waals surface area (Å²) < 4.78 is 7.27. The number of fused-ring (bicyclic) bond motifs is 1. The van der Waals surface area contributed by atoms with Gasteiger partial charge < -0.3 is 19.6 Å². The lowest BCUT2D eigenvalue weighted by molar-refractivity contribution is -0.384. The van der Waals surface area contributed by atoms with E-state index in [9.17, 15) is 20.2 Å². The molecule has 0 aliphatic rings. The zero-order chi connectivity index (χ0) is 25.8. The SMILES string of the molecule is COc1cc([N+](=O)[O-])ccc1-n1c(C)cc(/C=C(\C#N)C(=O)NCCc2c[nH]c3ccccc23)c1C. The van der Waals surface area contributed by atoms with Crippen LogP contribution in [0.1, 0.15) is 22.5 Å². The standard InChI is InChI=1S/C27H25N5O4/c1-17-12-20(18(2)31(17)25-9-8-22(32(34)35)14-26(25)36-3)13-21(15-28)27(33)29-11-10-19-16-30-24-7-5-4-6-23(19)24/h4-9,12-14,16,30H,10-11H2,1-3H3,(H,29,33)/b21-13+. The highest BCUT2D eigenvalue weighted by atomic mass is 16.6. The van der Waals surface area contributed by atoms with Crippen molar-refractivity contribution in [1.29, 1.82) is 5.26 Å². The number of amides is 1. The number of ether oxygens (including phenoxy) is 1. The highest BCUT2D eigenvalue weighted by Crippen LogP contribution is 2.32. The summed E-state index contributed by atoms with van der Waals surface area (Å²) in [4.78, 5) is 26.6. The summed E-state index contributed by atoms with van der Waals surface area (Å²) >= 11 is 0. The van der Waals surface area contributed by atoms with Gasteiger partial charge in [-0.15, -0.1) is 0 Å². The molecule has 0 aliphatic heterocycles. The van der Waals surface area contributed by atoms with Gasteiger partial charge in [-0.3, -0.25) is 14.9 Å². The second-order valence-electron chi connectivity index (χ2n) is 8.31. The van der Waals surface area contributed by atoms with Gasteiger partial charge in [-0.25, -0.2) is 0 Å². The number of non-ortho nitro benzene ring substituents is 1. The van der Waals surface area contributed by atoms with Crippen LogP contribution in [0.15, 0.2) is 60.3 Å². The zero-order valence-corrected chi connectivity index (χ0v) is 20.2. The van der Waals surface area contributed by atoms with Crippen molar-refractivity contribution in [1.82, 2.24) is 14.9 Å². The second-order valence-corrected chi connectivity index (χ2v) is 8.31. The Bertz CT molecular complexity index is 1540. The van der Waals surface area contributed by atoms with Gasteiger partial charge in [0.2, 0.25) is 0 Å². The molecule has 2 N–H and O–H groups in total. The molecular formula is C27H25N5O4. The van der Waals surface area contributed by atoms with E-state index in [4.69, 9.17) is 4.74 Å². The quantitative estimate of drug-likeness (QED) is 0.162. The van der Waals surface area contributed by atoms with Gasteiger partial charge in [0.1, 0.15) is 17.4 Å². The highest BCUT2D eigenvalue weighted by Gasteiger charge is 2.18. The summed E-state index contributed by atoms with van der Waals surface area (Å²) in [5.41, 5.74) is 4.95. The lowest BCUT2D eigenvalue weighted by atomic mass is 10.1. The highest BCUT2D eigenvalue weighted by molar-refractivity contribution is 6.01. The van der Waals surface area contributed by atoms with Gasteiger partial charge in [0, 0.05) is 41.1 Å². The van der Waals surface area contributed by atoms with E-state index in [2.05, 4.69) is 10.3 Å². The molecule has 0 unspecified atom stereocenters. The number of nitro groups is 1. The van der Waals surface area contributed by atoms with E-state index >= 15 is 0 Å². The van der Waals surface area contributed by atoms with E-state index in [1.54, 1.807) is 12.1 Å². The number of nitro benzene ring substituents is 1. The first-order valence-corrected chi connectivity index (χ1v) is 11.3. The molecule has 0 spiro atoms. The van der Waals surface area contributed by atoms with E-state index in [1.807, 2.05) is 61.0 Å². The molecule has 4 rings (SSSR count). The number of benzene rings is 2. The Morgan fingerprint density at radius 3 is 2.75 bits per heavy atom. The first-order chi connectivity index (χ1) is 17.3. The lowest BCUT2D eigenvalue weighted by Crippen LogP contribution is -2.26. The molecule has 0 radical (unpaired) electrons. The minimum absolute atomic E-state index is 0.00941. The van der Waals surface area contributed by atoms with Gasteiger partial charge in [0.25, 0.3) is 11.6 Å². The molecule has 0 fully saturated rings. The molecule has 2 heterocycles. The monoisotopic (exact) mass is 483 g/mol. The molecule has 4 aromatic rings. The van der Waals surface area contributed by atoms with Crippen molar-refractivity contribution in [3.05, 3.63) is 92.9 Å². The van der Waals surface area contributed by atoms with Crippen molar-refractivity contribution in [2.75, 3.05) is 13.7 Å². The number of carbonyl (C=O) groups excluding carboxylic acids is 1. The van der Waals surface area contributed by atoms with E-state index in [-0.39, 0.29) is 11.3 Å². The molecular weight excluding hydrogens is 458 g/mol. The Morgan fingerprint density at radius 1 is 1.25 bits per heavy atom. The Kier molecular flexibility index (Phi) is 6.88. The number of H-pyrrole nitrogens is 1. The van der Waals surface area contributed by atoms with Gasteiger partial charge in [0.05, 0.1) is 23.8 Å². The van der Waals surface area contributed by atoms with Gasteiger partial charge in [0.15, 0.2) is 0 Å². The van der Waals surface area contributed by atoms with Crippen LogP contribution in [-0.4, -0.2) is 34.0 Å². The molecule has 0 saturated heterocycles. The lowest BCUT2D eigenvalue weighted by Gasteiger charge is -2.13. The Balaban J connectivity index is 1.54. The topological polar surface area (TPSA) is 126 Å². The second kappa shape index (κ2) is 10.2. The minimum atomic E-state index is -0.480. The van der Waals surface area contributed by atoms with Crippen LogP contribution in [0, 0.1) is 35.3 Å². The Labute approximate surface area is 207 Å². The number of hydrogen-bond donors (Lipinski definition) is 2. The molecule has 2 aromatic heterocycles. The van der Waals surface area contributed by atoms with Crippen molar-refractivity contribution in [2.45, 2.75) is 20.3 Å². The fourth-order valence-corrected chi connectivity index (χ4v) is 4.32. The summed E-state index contributed by atoms with van der Waals surface area (Å²) in [6.45, 7) is 4.11. The largest absolute Gasteiger partial charge is 0.494 e. The fraction of sp³-hybridized carbons (Fsp3) is 0.185. The smallest absolute Gasteiger partial charge is 0.273 e. The van der Waals surface area contributed by atoms with Crippen molar-refractivity contribution in [3.8, 4) is 17.5 Å². The van der Waals surface area contributed by atoms with Crippen LogP contribution in [-0.2, 0) is 11.2 Å². The fourth-order valence-electron chi connectivity index (χ4n) is 4.32. The van der Waals surface area contributed by atoms with Crippen LogP contribution < -0.4 is 10.1 Å². The molecule has 0 bridgehead atoms. The number of aromatic nitrogens is 2. The van der Waals surface area contributed by atoms with Crippen LogP contribution in [0.3, 0.4) is 0 Å². The number of aromatic amines is 1. The summed E-state index contributed by atoms with van der Waals surface area (Å²) in [5.74, 6) is -0.105. The van der Waals surface area contributed by atoms with E-state index in [0.717, 1.165) is 27.9 Å². The third-order valence-corrected chi connectivity index (χ3v) is 6.11. The van der Waals surface area contributed by atoms with Crippen molar-refractivity contribution < 1.29 is 14.5 Å². The maximum Gasteiger partial charge on any atom is 0.273 e. The van der Waals surface area contributed by atoms with Gasteiger partial charge >= 0.3 is 0 Å². The summed E-state index contributed by atoms with van der Waals surface area (Å²) in [5, 5.41) is 24.7. The summed E-state index contributed by atoms with van der Waals surface area (Å²) in [6, 6.07) is 16.2. The first kappa shape index (κ1) is 24.3. The summed E-state index contributed by atoms with van der Waals surface area (Å²) in [7, 11) is 1.45. The summed E-state index contributed by atoms with van der Waals surface area (Å²) in [6.07, 6.45) is 4.11. The number of methoxy groups -OCH3 is 1. The number of nitrogens with zero attached hydrogens (tertiary/aromatic N) is 3. The molecule has 0 aliphatic carbocycles. The van der Waals surface area contributed by atoms with Crippen LogP contribution in [0.2, 0.25) is 0 Å². The van der Waals surface area contributed by atoms with Crippen LogP contribution in [0.5, 0.6) is 5.75 Å². The normalized spacial score (nSPS) is 11.3. The molecule has 9 heteroatoms. The molecule has 2 aromatic carbocycles. The van der Waals surface area contributed by atoms with Crippen molar-refractivity contribution in [3.63, 3.8) is 0 Å². The molecule has 182 valence electrons. The number of nitriles is 1. The molecule has 0 saturated carbocycles. The van der Waals surface area contributed by atoms with Crippen LogP contribution in [0.4, 0.5) is 5.69 Å². The van der Waals surface area contributed by atoms with Crippen LogP contribution in [0.25, 0.3) is 22.7 Å². The van der Waals surface area contributed by atoms with Gasteiger partial charge in [-0.05, 0) is 55.7 Å². The number of rotatable bonds is 8. The maximum absolute atomic E-state index is 12.7. The average Bonchev–Trinajstić information content (AvgIpc) is 3.41. The van der Waals surface area contributed by atoms with Crippen molar-refractivity contribution >= 4 is 28.6 Å². The first-order valence-electron chi connectivity index (χ1n) is 11.3. The number of nitrogens with one attached hydrogen (secondary N) is 2. The molecule has 9 nitrogen and oxygen atoms in total. The van der Waals surface area contributed by atoms with E-state index in [1.165, 1.54) is 19.2 Å². The van der Waals surface area contributed by atoms with E-state index in [0.29, 0.717) is 30.0 Å². The zero-order valence-electron chi connectivity index (χ0n) is 20.2. The molecule has 1 amide bonds. The van der Waals surface area contributed by atoms with Gasteiger partial charge in [-0.1, -0.05) is 18.2 Å². The molecule has 36 heavy (non-hydrogen) atoms. The maximum atomic E-state index is 12.7. The third-order valence-electron chi connectivity index (χ3n) is 6.11.